The molecule has 0 spiro atoms. The number of amides is 1. The molecule has 0 radical (unpaired) electrons. The summed E-state index contributed by atoms with van der Waals surface area (Å²) in [5.74, 6) is -0.190. The summed E-state index contributed by atoms with van der Waals surface area (Å²) in [7, 11) is 1.83. The Morgan fingerprint density at radius 1 is 1.61 bits per heavy atom. The Morgan fingerprint density at radius 2 is 2.39 bits per heavy atom. The summed E-state index contributed by atoms with van der Waals surface area (Å²) in [6.45, 7) is 0.808. The second kappa shape index (κ2) is 6.48. The van der Waals surface area contributed by atoms with Crippen LogP contribution in [0.3, 0.4) is 0 Å². The number of nitrogens with one attached hydrogen (secondary N) is 1. The van der Waals surface area contributed by atoms with Crippen LogP contribution in [0.2, 0.25) is 0 Å². The van der Waals surface area contributed by atoms with Gasteiger partial charge in [-0.25, -0.2) is 4.98 Å². The molecule has 0 bridgehead atoms. The number of aryl methyl sites for hydroxylation is 1. The van der Waals surface area contributed by atoms with Crippen LogP contribution in [-0.2, 0) is 20.1 Å². The molecule has 8 heteroatoms. The fourth-order valence-corrected chi connectivity index (χ4v) is 2.00. The lowest BCUT2D eigenvalue weighted by atomic mass is 10.3. The van der Waals surface area contributed by atoms with E-state index in [-0.39, 0.29) is 18.3 Å². The van der Waals surface area contributed by atoms with Crippen molar-refractivity contribution < 1.29 is 4.79 Å². The predicted molar refractivity (Wildman–Crippen MR) is 71.6 cm³/mol. The first-order valence-corrected chi connectivity index (χ1v) is 5.97. The van der Waals surface area contributed by atoms with Crippen molar-refractivity contribution in [1.82, 2.24) is 20.1 Å². The summed E-state index contributed by atoms with van der Waals surface area (Å²) in [5, 5.41) is 9.27. The second-order valence-corrected chi connectivity index (χ2v) is 4.48. The second-order valence-electron chi connectivity index (χ2n) is 3.54. The highest BCUT2D eigenvalue weighted by molar-refractivity contribution is 7.09. The first-order chi connectivity index (χ1) is 8.19. The van der Waals surface area contributed by atoms with Gasteiger partial charge in [-0.1, -0.05) is 0 Å². The molecule has 0 aromatic carbocycles. The summed E-state index contributed by atoms with van der Waals surface area (Å²) in [5.41, 5.74) is 6.81. The van der Waals surface area contributed by atoms with Gasteiger partial charge in [0.15, 0.2) is 0 Å². The highest BCUT2D eigenvalue weighted by atomic mass is 35.5. The van der Waals surface area contributed by atoms with E-state index in [9.17, 15) is 4.79 Å². The number of nitrogens with zero attached hydrogens (tertiary/aromatic N) is 3. The number of hydrogen-bond acceptors (Lipinski definition) is 5. The van der Waals surface area contributed by atoms with E-state index in [0.29, 0.717) is 18.8 Å². The summed E-state index contributed by atoms with van der Waals surface area (Å²) in [6, 6.07) is 0. The average Bonchev–Trinajstić information content (AvgIpc) is 2.94. The number of thiazole rings is 1. The van der Waals surface area contributed by atoms with Crippen LogP contribution in [0.5, 0.6) is 0 Å². The van der Waals surface area contributed by atoms with Crippen molar-refractivity contribution in [2.75, 3.05) is 0 Å². The maximum absolute atomic E-state index is 11.7. The first-order valence-electron chi connectivity index (χ1n) is 5.09. The molecule has 2 aromatic heterocycles. The zero-order valence-electron chi connectivity index (χ0n) is 9.79. The Bertz CT molecular complexity index is 524. The lowest BCUT2D eigenvalue weighted by molar-refractivity contribution is 0.0946. The Morgan fingerprint density at radius 3 is 2.94 bits per heavy atom. The molecule has 3 N–H and O–H groups in total. The maximum atomic E-state index is 11.7. The molecule has 0 aliphatic rings. The minimum absolute atomic E-state index is 0. The number of carbonyl (C=O) groups excluding carboxylic acids is 1. The fourth-order valence-electron chi connectivity index (χ4n) is 1.34. The van der Waals surface area contributed by atoms with Crippen molar-refractivity contribution in [2.45, 2.75) is 13.1 Å². The number of rotatable bonds is 4. The minimum Gasteiger partial charge on any atom is -0.346 e. The van der Waals surface area contributed by atoms with Crippen LogP contribution in [-0.4, -0.2) is 20.7 Å². The van der Waals surface area contributed by atoms with E-state index in [4.69, 9.17) is 5.73 Å². The van der Waals surface area contributed by atoms with Crippen molar-refractivity contribution >= 4 is 29.7 Å². The third-order valence-electron chi connectivity index (χ3n) is 2.17. The molecule has 18 heavy (non-hydrogen) atoms. The number of aromatic nitrogens is 3. The van der Waals surface area contributed by atoms with Crippen LogP contribution in [0.1, 0.15) is 21.1 Å². The van der Waals surface area contributed by atoms with Crippen LogP contribution in [0, 0.1) is 0 Å². The van der Waals surface area contributed by atoms with Crippen LogP contribution >= 0.6 is 23.7 Å². The molecule has 0 saturated heterocycles. The molecule has 6 nitrogen and oxygen atoms in total. The van der Waals surface area contributed by atoms with Gasteiger partial charge in [0.25, 0.3) is 5.91 Å². The normalized spacial score (nSPS) is 9.89. The van der Waals surface area contributed by atoms with Gasteiger partial charge in [-0.15, -0.1) is 23.7 Å². The van der Waals surface area contributed by atoms with Gasteiger partial charge in [-0.2, -0.15) is 5.10 Å². The van der Waals surface area contributed by atoms with Crippen molar-refractivity contribution in [3.63, 3.8) is 0 Å². The molecule has 0 unspecified atom stereocenters. The molecule has 98 valence electrons. The van der Waals surface area contributed by atoms with Crippen molar-refractivity contribution in [2.24, 2.45) is 12.8 Å². The van der Waals surface area contributed by atoms with E-state index in [1.807, 2.05) is 13.2 Å². The monoisotopic (exact) mass is 287 g/mol. The molecule has 0 fully saturated rings. The zero-order valence-corrected chi connectivity index (χ0v) is 11.4. The third kappa shape index (κ3) is 3.52. The van der Waals surface area contributed by atoms with Gasteiger partial charge in [-0.05, 0) is 0 Å². The van der Waals surface area contributed by atoms with Gasteiger partial charge >= 0.3 is 0 Å². The van der Waals surface area contributed by atoms with Gasteiger partial charge in [0.2, 0.25) is 0 Å². The molecule has 2 rings (SSSR count). The standard InChI is InChI=1S/C10H13N5OS.ClH/c1-15-5-7(4-13-15)3-12-10(16)8-6-17-9(2-11)14-8;/h4-6H,2-3,11H2,1H3,(H,12,16);1H. The molecule has 1 amide bonds. The zero-order chi connectivity index (χ0) is 12.3. The Hall–Kier alpha value is -1.44. The number of halogens is 1. The quantitative estimate of drug-likeness (QED) is 0.866. The Balaban J connectivity index is 0.00000162. The Labute approximate surface area is 115 Å². The van der Waals surface area contributed by atoms with Crippen LogP contribution in [0.4, 0.5) is 0 Å². The summed E-state index contributed by atoms with van der Waals surface area (Å²) in [4.78, 5) is 15.8. The van der Waals surface area contributed by atoms with Crippen LogP contribution in [0.25, 0.3) is 0 Å². The molecular weight excluding hydrogens is 274 g/mol. The van der Waals surface area contributed by atoms with E-state index in [1.165, 1.54) is 11.3 Å². The fraction of sp³-hybridized carbons (Fsp3) is 0.300. The molecule has 2 heterocycles. The lowest BCUT2D eigenvalue weighted by Crippen LogP contribution is -2.23. The van der Waals surface area contributed by atoms with Crippen molar-refractivity contribution in [3.8, 4) is 0 Å². The largest absolute Gasteiger partial charge is 0.346 e. The molecule has 2 aromatic rings. The molecule has 0 aliphatic carbocycles. The summed E-state index contributed by atoms with van der Waals surface area (Å²) >= 11 is 1.39. The van der Waals surface area contributed by atoms with Crippen LogP contribution < -0.4 is 11.1 Å². The smallest absolute Gasteiger partial charge is 0.271 e. The highest BCUT2D eigenvalue weighted by Gasteiger charge is 2.09. The van der Waals surface area contributed by atoms with E-state index in [2.05, 4.69) is 15.4 Å². The SMILES string of the molecule is Cl.Cn1cc(CNC(=O)c2csc(CN)n2)cn1. The van der Waals surface area contributed by atoms with E-state index in [1.54, 1.807) is 16.3 Å². The number of hydrogen-bond donors (Lipinski definition) is 2. The lowest BCUT2D eigenvalue weighted by Gasteiger charge is -1.99. The van der Waals surface area contributed by atoms with Crippen LogP contribution in [0.15, 0.2) is 17.8 Å². The van der Waals surface area contributed by atoms with Gasteiger partial charge in [0.05, 0.1) is 6.20 Å². The van der Waals surface area contributed by atoms with Crippen molar-refractivity contribution in [3.05, 3.63) is 34.0 Å². The Kier molecular flexibility index (Phi) is 5.26. The van der Waals surface area contributed by atoms with Gasteiger partial charge < -0.3 is 11.1 Å². The molecule has 0 atom stereocenters. The summed E-state index contributed by atoms with van der Waals surface area (Å²) in [6.07, 6.45) is 3.57. The maximum Gasteiger partial charge on any atom is 0.271 e. The van der Waals surface area contributed by atoms with E-state index in [0.717, 1.165) is 10.6 Å². The topological polar surface area (TPSA) is 85.8 Å². The van der Waals surface area contributed by atoms with E-state index < -0.39 is 0 Å². The minimum atomic E-state index is -0.190. The average molecular weight is 288 g/mol. The van der Waals surface area contributed by atoms with Gasteiger partial charge in [0.1, 0.15) is 10.7 Å². The number of nitrogens with two attached hydrogens (primary N) is 1. The molecule has 0 aliphatic heterocycles. The van der Waals surface area contributed by atoms with Gasteiger partial charge in [0, 0.05) is 37.3 Å². The first kappa shape index (κ1) is 14.6. The number of carbonyl (C=O) groups is 1. The summed E-state index contributed by atoms with van der Waals surface area (Å²) < 4.78 is 1.69. The third-order valence-corrected chi connectivity index (χ3v) is 3.04. The van der Waals surface area contributed by atoms with E-state index >= 15 is 0 Å². The molecule has 0 saturated carbocycles. The highest BCUT2D eigenvalue weighted by Crippen LogP contribution is 2.08. The molecular formula is C10H14ClN5OS. The predicted octanol–water partition coefficient (Wildman–Crippen LogP) is 0.687. The van der Waals surface area contributed by atoms with Gasteiger partial charge in [-0.3, -0.25) is 9.48 Å². The van der Waals surface area contributed by atoms with Crippen molar-refractivity contribution in [1.29, 1.82) is 0 Å².